The summed E-state index contributed by atoms with van der Waals surface area (Å²) in [5.74, 6) is -1.96. The Hall–Kier alpha value is -1.86. The third kappa shape index (κ3) is 3.01. The molecule has 4 aliphatic rings. The minimum atomic E-state index is -1.45. The Morgan fingerprint density at radius 1 is 1.09 bits per heavy atom. The Bertz CT molecular complexity index is 1020. The third-order valence-corrected chi connectivity index (χ3v) is 10.7. The van der Waals surface area contributed by atoms with Gasteiger partial charge in [-0.1, -0.05) is 27.7 Å². The van der Waals surface area contributed by atoms with Crippen LogP contribution in [0.3, 0.4) is 0 Å². The summed E-state index contributed by atoms with van der Waals surface area (Å²) in [5, 5.41) is 32.0. The van der Waals surface area contributed by atoms with Crippen LogP contribution in [0.2, 0.25) is 0 Å². The summed E-state index contributed by atoms with van der Waals surface area (Å²) >= 11 is 0. The summed E-state index contributed by atoms with van der Waals surface area (Å²) < 4.78 is 0. The van der Waals surface area contributed by atoms with E-state index in [4.69, 9.17) is 5.11 Å². The number of fused-ring (bicyclic) bond motifs is 4. The second-order valence-corrected chi connectivity index (χ2v) is 12.7. The summed E-state index contributed by atoms with van der Waals surface area (Å²) in [7, 11) is 0. The molecule has 0 spiro atoms. The van der Waals surface area contributed by atoms with E-state index in [1.54, 1.807) is 13.8 Å². The van der Waals surface area contributed by atoms with Gasteiger partial charge in [0.1, 0.15) is 11.6 Å². The number of carbonyl (C=O) groups excluding carboxylic acids is 3. The summed E-state index contributed by atoms with van der Waals surface area (Å²) in [6.07, 6.45) is -0.0417. The average Bonchev–Trinajstić information content (AvgIpc) is 2.93. The first kappa shape index (κ1) is 25.2. The Morgan fingerprint density at radius 3 is 2.29 bits per heavy atom. The Kier molecular flexibility index (Phi) is 5.44. The first-order valence-electron chi connectivity index (χ1n) is 12.4. The summed E-state index contributed by atoms with van der Waals surface area (Å²) in [4.78, 5) is 51.6. The number of carbonyl (C=O) groups is 4. The van der Waals surface area contributed by atoms with Crippen molar-refractivity contribution in [3.63, 3.8) is 0 Å². The molecular formula is C27H38O7. The van der Waals surface area contributed by atoms with Gasteiger partial charge in [0, 0.05) is 48.0 Å². The number of aliphatic hydroxyl groups excluding tert-OH is 1. The molecule has 0 aromatic heterocycles. The van der Waals surface area contributed by atoms with Crippen LogP contribution in [0.15, 0.2) is 11.1 Å². The Labute approximate surface area is 201 Å². The van der Waals surface area contributed by atoms with E-state index in [1.165, 1.54) is 0 Å². The molecule has 0 bridgehead atoms. The monoisotopic (exact) mass is 474 g/mol. The van der Waals surface area contributed by atoms with E-state index < -0.39 is 45.3 Å². The molecule has 2 fully saturated rings. The van der Waals surface area contributed by atoms with Crippen molar-refractivity contribution in [2.24, 2.45) is 33.5 Å². The molecule has 0 aromatic carbocycles. The van der Waals surface area contributed by atoms with E-state index in [9.17, 15) is 29.4 Å². The number of hydrogen-bond donors (Lipinski definition) is 3. The number of Topliss-reactive ketones (excluding diaryl/α,β-unsaturated/α-hetero) is 3. The highest BCUT2D eigenvalue weighted by molar-refractivity contribution is 6.05. The molecule has 0 unspecified atom stereocenters. The fourth-order valence-electron chi connectivity index (χ4n) is 8.48. The Morgan fingerprint density at radius 2 is 1.71 bits per heavy atom. The van der Waals surface area contributed by atoms with Gasteiger partial charge in [-0.05, 0) is 50.0 Å². The van der Waals surface area contributed by atoms with Gasteiger partial charge in [-0.15, -0.1) is 0 Å². The van der Waals surface area contributed by atoms with Crippen molar-refractivity contribution < 1.29 is 34.5 Å². The normalized spacial score (nSPS) is 43.2. The number of carboxylic acids is 1. The maximum Gasteiger partial charge on any atom is 0.303 e. The van der Waals surface area contributed by atoms with Gasteiger partial charge in [0.05, 0.1) is 17.1 Å². The quantitative estimate of drug-likeness (QED) is 0.570. The highest BCUT2D eigenvalue weighted by Gasteiger charge is 2.71. The number of rotatable bonds is 4. The SMILES string of the molecule is CC1(C)C(=O)CC[C@]2(C)C3=C([C@@H](O)C[C@@H]12)[C@]1(C)C(=O)C[C@H]([C@@](C)(O)CCC(=O)O)[C@@]1(C)CC3=O. The second-order valence-electron chi connectivity index (χ2n) is 12.7. The highest BCUT2D eigenvalue weighted by atomic mass is 16.4. The lowest BCUT2D eigenvalue weighted by Gasteiger charge is -2.60. The van der Waals surface area contributed by atoms with Gasteiger partial charge in [-0.3, -0.25) is 19.2 Å². The van der Waals surface area contributed by atoms with Crippen molar-refractivity contribution in [2.45, 2.75) is 98.2 Å². The largest absolute Gasteiger partial charge is 0.481 e. The minimum Gasteiger partial charge on any atom is -0.481 e. The van der Waals surface area contributed by atoms with Gasteiger partial charge in [0.15, 0.2) is 5.78 Å². The van der Waals surface area contributed by atoms with Crippen molar-refractivity contribution in [3.05, 3.63) is 11.1 Å². The Balaban J connectivity index is 1.88. The lowest BCUT2D eigenvalue weighted by molar-refractivity contribution is -0.149. The van der Waals surface area contributed by atoms with E-state index >= 15 is 0 Å². The fourth-order valence-corrected chi connectivity index (χ4v) is 8.48. The molecule has 2 saturated carbocycles. The van der Waals surface area contributed by atoms with Gasteiger partial charge < -0.3 is 15.3 Å². The maximum absolute atomic E-state index is 13.9. The predicted molar refractivity (Wildman–Crippen MR) is 124 cm³/mol. The van der Waals surface area contributed by atoms with Crippen LogP contribution in [0.5, 0.6) is 0 Å². The lowest BCUT2D eigenvalue weighted by Crippen LogP contribution is -2.60. The van der Waals surface area contributed by atoms with Crippen LogP contribution >= 0.6 is 0 Å². The molecule has 0 heterocycles. The predicted octanol–water partition coefficient (Wildman–Crippen LogP) is 3.25. The van der Waals surface area contributed by atoms with E-state index in [-0.39, 0.29) is 49.0 Å². The van der Waals surface area contributed by atoms with Crippen molar-refractivity contribution in [3.8, 4) is 0 Å². The first-order chi connectivity index (χ1) is 15.4. The standard InChI is InChI=1S/C27H38O7/c1-23(2)16-11-14(28)22-21(24(16,3)9-7-18(23)30)15(29)13-25(4)17(12-19(31)27(22,25)6)26(5,34)10-8-20(32)33/h14,16-17,28,34H,7-13H2,1-6H3,(H,32,33)/t14-,16-,17-,24-,25+,26-,27-/m0/s1. The van der Waals surface area contributed by atoms with Crippen LogP contribution in [-0.2, 0) is 19.2 Å². The molecule has 0 aromatic rings. The van der Waals surface area contributed by atoms with Gasteiger partial charge >= 0.3 is 5.97 Å². The van der Waals surface area contributed by atoms with E-state index in [1.807, 2.05) is 27.7 Å². The molecule has 3 N–H and O–H groups in total. The molecule has 0 amide bonds. The minimum absolute atomic E-state index is 0.0231. The molecular weight excluding hydrogens is 436 g/mol. The lowest BCUT2D eigenvalue weighted by atomic mass is 9.42. The van der Waals surface area contributed by atoms with Crippen LogP contribution < -0.4 is 0 Å². The number of allylic oxidation sites excluding steroid dienone is 1. The molecule has 4 rings (SSSR count). The summed E-state index contributed by atoms with van der Waals surface area (Å²) in [6, 6.07) is 0. The van der Waals surface area contributed by atoms with Crippen LogP contribution in [0.1, 0.15) is 86.5 Å². The van der Waals surface area contributed by atoms with Crippen molar-refractivity contribution in [2.75, 3.05) is 0 Å². The van der Waals surface area contributed by atoms with Gasteiger partial charge in [0.2, 0.25) is 0 Å². The van der Waals surface area contributed by atoms with Gasteiger partial charge in [-0.25, -0.2) is 0 Å². The molecule has 7 atom stereocenters. The fraction of sp³-hybridized carbons (Fsp3) is 0.778. The van der Waals surface area contributed by atoms with E-state index in [0.29, 0.717) is 30.4 Å². The topological polar surface area (TPSA) is 129 Å². The number of carboxylic acid groups (broad SMARTS) is 1. The average molecular weight is 475 g/mol. The van der Waals surface area contributed by atoms with Crippen molar-refractivity contribution >= 4 is 23.3 Å². The first-order valence-corrected chi connectivity index (χ1v) is 12.4. The molecule has 7 nitrogen and oxygen atoms in total. The second kappa shape index (κ2) is 7.33. The summed E-state index contributed by atoms with van der Waals surface area (Å²) in [6.45, 7) is 11.0. The number of hydrogen-bond acceptors (Lipinski definition) is 6. The van der Waals surface area contributed by atoms with Gasteiger partial charge in [-0.2, -0.15) is 0 Å². The molecule has 4 aliphatic carbocycles. The number of aliphatic hydroxyl groups is 2. The highest BCUT2D eigenvalue weighted by Crippen LogP contribution is 2.70. The number of ketones is 3. The number of aliphatic carboxylic acids is 1. The van der Waals surface area contributed by atoms with Crippen molar-refractivity contribution in [1.29, 1.82) is 0 Å². The van der Waals surface area contributed by atoms with Crippen LogP contribution in [0.4, 0.5) is 0 Å². The van der Waals surface area contributed by atoms with Crippen molar-refractivity contribution in [1.82, 2.24) is 0 Å². The molecule has 0 radical (unpaired) electrons. The van der Waals surface area contributed by atoms with Crippen LogP contribution in [-0.4, -0.2) is 50.3 Å². The smallest absolute Gasteiger partial charge is 0.303 e. The van der Waals surface area contributed by atoms with E-state index in [2.05, 4.69) is 0 Å². The molecule has 0 aliphatic heterocycles. The molecule has 188 valence electrons. The zero-order valence-electron chi connectivity index (χ0n) is 21.2. The van der Waals surface area contributed by atoms with E-state index in [0.717, 1.165) is 0 Å². The van der Waals surface area contributed by atoms with Gasteiger partial charge in [0.25, 0.3) is 0 Å². The zero-order chi connectivity index (χ0) is 25.6. The zero-order valence-corrected chi connectivity index (χ0v) is 21.2. The third-order valence-electron chi connectivity index (χ3n) is 10.7. The molecule has 0 saturated heterocycles. The van der Waals surface area contributed by atoms with Crippen LogP contribution in [0.25, 0.3) is 0 Å². The maximum atomic E-state index is 13.9. The summed E-state index contributed by atoms with van der Waals surface area (Å²) in [5.41, 5.74) is -3.84. The van der Waals surface area contributed by atoms with Crippen LogP contribution in [0, 0.1) is 33.5 Å². The molecule has 7 heteroatoms. The molecule has 34 heavy (non-hydrogen) atoms.